The van der Waals surface area contributed by atoms with Crippen molar-refractivity contribution in [3.05, 3.63) is 72.2 Å². The van der Waals surface area contributed by atoms with Gasteiger partial charge in [-0.05, 0) is 59.8 Å². The minimum absolute atomic E-state index is 0.193. The molecule has 0 spiro atoms. The first-order valence-corrected chi connectivity index (χ1v) is 14.2. The van der Waals surface area contributed by atoms with Gasteiger partial charge in [0.2, 0.25) is 5.91 Å². The van der Waals surface area contributed by atoms with Crippen LogP contribution in [-0.2, 0) is 20.7 Å². The zero-order valence-corrected chi connectivity index (χ0v) is 24.4. The Labute approximate surface area is 258 Å². The monoisotopic (exact) mass is 646 g/mol. The lowest BCUT2D eigenvalue weighted by atomic mass is 9.76. The summed E-state index contributed by atoms with van der Waals surface area (Å²) in [5.74, 6) is -2.50. The number of carbonyl (C=O) groups is 3. The zero-order valence-electron chi connectivity index (χ0n) is 24.4. The molecule has 1 aliphatic heterocycles. The normalized spacial score (nSPS) is 16.2. The number of ether oxygens (including phenoxy) is 1. The summed E-state index contributed by atoms with van der Waals surface area (Å²) in [6.07, 6.45) is -7.93. The predicted octanol–water partition coefficient (Wildman–Crippen LogP) is 5.67. The lowest BCUT2D eigenvalue weighted by molar-refractivity contribution is -0.236. The highest BCUT2D eigenvalue weighted by atomic mass is 19.4. The molecule has 1 amide bonds. The van der Waals surface area contributed by atoms with E-state index in [0.29, 0.717) is 39.3 Å². The van der Waals surface area contributed by atoms with Crippen LogP contribution in [0.5, 0.6) is 0 Å². The van der Waals surface area contributed by atoms with Gasteiger partial charge in [-0.1, -0.05) is 36.4 Å². The number of rotatable bonds is 8. The Morgan fingerprint density at radius 1 is 1.02 bits per heavy atom. The van der Waals surface area contributed by atoms with Gasteiger partial charge < -0.3 is 10.1 Å². The van der Waals surface area contributed by atoms with Crippen LogP contribution in [-0.4, -0.2) is 78.2 Å². The minimum atomic E-state index is -5.09. The number of benzene rings is 2. The largest absolute Gasteiger partial charge is 0.467 e. The molecular weight excluding hydrogens is 618 g/mol. The number of carbonyl (C=O) groups excluding carboxylic acids is 3. The summed E-state index contributed by atoms with van der Waals surface area (Å²) < 4.78 is 86.6. The molecule has 0 aliphatic carbocycles. The summed E-state index contributed by atoms with van der Waals surface area (Å²) in [6, 6.07) is 12.2. The van der Waals surface area contributed by atoms with Gasteiger partial charge in [0, 0.05) is 29.8 Å². The topological polar surface area (TPSA) is 101 Å². The van der Waals surface area contributed by atoms with Gasteiger partial charge in [0.1, 0.15) is 17.2 Å². The van der Waals surface area contributed by atoms with Gasteiger partial charge in [0.25, 0.3) is 0 Å². The fraction of sp³-hybridized carbons (Fsp3) is 0.344. The second-order valence-electron chi connectivity index (χ2n) is 11.2. The molecule has 1 aliphatic rings. The molecule has 1 saturated heterocycles. The number of fused-ring (bicyclic) bond motifs is 2. The number of esters is 1. The Hall–Kier alpha value is -4.59. The molecule has 4 aromatic rings. The van der Waals surface area contributed by atoms with E-state index in [1.807, 2.05) is 0 Å². The van der Waals surface area contributed by atoms with E-state index in [-0.39, 0.29) is 12.1 Å². The number of aromatic nitrogens is 2. The van der Waals surface area contributed by atoms with Crippen LogP contribution >= 0.6 is 0 Å². The summed E-state index contributed by atoms with van der Waals surface area (Å²) in [6.45, 7) is -2.60. The van der Waals surface area contributed by atoms with Gasteiger partial charge in [0.05, 0.1) is 19.3 Å². The standard InChI is InChI=1S/C32H28F6N4O4/c1-46-28(44)26(41-29(45)30(32(36,37)38)9-12-42(13-10-30)18-31(33,34)35)15-19-4-2-6-23-22(19)5-3-7-24(23)27-25-16-39-11-8-20(25)14-21(17-43)40-27/h2-8,11,14,16-17,26H,9-10,12-13,15,18H2,1H3,(H,41,45)/t26-/m0/s1. The van der Waals surface area contributed by atoms with Crippen molar-refractivity contribution < 1.29 is 45.5 Å². The maximum atomic E-state index is 14.4. The first-order chi connectivity index (χ1) is 21.8. The molecule has 1 fully saturated rings. The van der Waals surface area contributed by atoms with Gasteiger partial charge in [-0.15, -0.1) is 0 Å². The first-order valence-electron chi connectivity index (χ1n) is 14.2. The Morgan fingerprint density at radius 3 is 2.37 bits per heavy atom. The average Bonchev–Trinajstić information content (AvgIpc) is 3.02. The van der Waals surface area contributed by atoms with Crippen molar-refractivity contribution in [2.45, 2.75) is 37.7 Å². The van der Waals surface area contributed by atoms with Crippen LogP contribution in [0.4, 0.5) is 26.3 Å². The van der Waals surface area contributed by atoms with Crippen molar-refractivity contribution in [3.63, 3.8) is 0 Å². The lowest BCUT2D eigenvalue weighted by Crippen LogP contribution is -2.59. The van der Waals surface area contributed by atoms with Crippen LogP contribution in [0.25, 0.3) is 32.8 Å². The number of alkyl halides is 6. The molecule has 2 aromatic carbocycles. The highest BCUT2D eigenvalue weighted by molar-refractivity contribution is 6.05. The van der Waals surface area contributed by atoms with E-state index < -0.39 is 68.2 Å². The van der Waals surface area contributed by atoms with E-state index in [0.717, 1.165) is 17.4 Å². The second kappa shape index (κ2) is 12.7. The van der Waals surface area contributed by atoms with Gasteiger partial charge in [-0.3, -0.25) is 19.5 Å². The third-order valence-electron chi connectivity index (χ3n) is 8.35. The van der Waals surface area contributed by atoms with Gasteiger partial charge in [-0.25, -0.2) is 9.78 Å². The van der Waals surface area contributed by atoms with Crippen molar-refractivity contribution in [1.29, 1.82) is 0 Å². The van der Waals surface area contributed by atoms with Crippen LogP contribution < -0.4 is 5.32 Å². The van der Waals surface area contributed by atoms with E-state index >= 15 is 0 Å². The van der Waals surface area contributed by atoms with Gasteiger partial charge >= 0.3 is 18.3 Å². The van der Waals surface area contributed by atoms with Crippen LogP contribution in [0.3, 0.4) is 0 Å². The summed E-state index contributed by atoms with van der Waals surface area (Å²) >= 11 is 0. The molecular formula is C32H28F6N4O4. The number of hydrogen-bond acceptors (Lipinski definition) is 7. The van der Waals surface area contributed by atoms with Crippen molar-refractivity contribution >= 4 is 39.7 Å². The smallest absolute Gasteiger partial charge is 0.403 e. The number of nitrogens with one attached hydrogen (secondary N) is 1. The molecule has 0 radical (unpaired) electrons. The maximum Gasteiger partial charge on any atom is 0.403 e. The Balaban J connectivity index is 1.48. The fourth-order valence-corrected chi connectivity index (χ4v) is 5.97. The first kappa shape index (κ1) is 32.8. The van der Waals surface area contributed by atoms with Crippen molar-refractivity contribution in [2.24, 2.45) is 5.41 Å². The molecule has 14 heteroatoms. The Kier molecular flexibility index (Phi) is 9.03. The highest BCUT2D eigenvalue weighted by Gasteiger charge is 2.61. The number of amides is 1. The molecule has 2 aromatic heterocycles. The van der Waals surface area contributed by atoms with Crippen molar-refractivity contribution in [3.8, 4) is 11.3 Å². The average molecular weight is 647 g/mol. The van der Waals surface area contributed by atoms with Crippen LogP contribution in [0.1, 0.15) is 28.9 Å². The molecule has 0 unspecified atom stereocenters. The summed E-state index contributed by atoms with van der Waals surface area (Å²) in [5, 5.41) is 4.87. The number of aldehydes is 1. The quantitative estimate of drug-likeness (QED) is 0.150. The molecule has 0 saturated carbocycles. The minimum Gasteiger partial charge on any atom is -0.467 e. The van der Waals surface area contributed by atoms with E-state index in [4.69, 9.17) is 4.74 Å². The summed E-state index contributed by atoms with van der Waals surface area (Å²) in [4.78, 5) is 47.3. The second-order valence-corrected chi connectivity index (χ2v) is 11.2. The predicted molar refractivity (Wildman–Crippen MR) is 156 cm³/mol. The molecule has 46 heavy (non-hydrogen) atoms. The van der Waals surface area contributed by atoms with Crippen molar-refractivity contribution in [2.75, 3.05) is 26.7 Å². The van der Waals surface area contributed by atoms with E-state index in [2.05, 4.69) is 15.3 Å². The molecule has 8 nitrogen and oxygen atoms in total. The molecule has 3 heterocycles. The number of halogens is 6. The third kappa shape index (κ3) is 6.52. The molecule has 5 rings (SSSR count). The zero-order chi connectivity index (χ0) is 33.3. The number of piperidine rings is 1. The van der Waals surface area contributed by atoms with E-state index in [1.54, 1.807) is 60.9 Å². The van der Waals surface area contributed by atoms with Crippen LogP contribution in [0.2, 0.25) is 0 Å². The number of hydrogen-bond donors (Lipinski definition) is 1. The number of nitrogens with zero attached hydrogens (tertiary/aromatic N) is 3. The summed E-state index contributed by atoms with van der Waals surface area (Å²) in [7, 11) is 1.03. The molecule has 0 bridgehead atoms. The molecule has 242 valence electrons. The highest BCUT2D eigenvalue weighted by Crippen LogP contribution is 2.47. The van der Waals surface area contributed by atoms with Gasteiger partial charge in [0.15, 0.2) is 6.29 Å². The number of methoxy groups -OCH3 is 1. The van der Waals surface area contributed by atoms with Crippen molar-refractivity contribution in [1.82, 2.24) is 20.2 Å². The third-order valence-corrected chi connectivity index (χ3v) is 8.35. The molecule has 1 N–H and O–H groups in total. The fourth-order valence-electron chi connectivity index (χ4n) is 5.97. The number of pyridine rings is 2. The Bertz CT molecular complexity index is 1780. The molecule has 1 atom stereocenters. The van der Waals surface area contributed by atoms with Gasteiger partial charge in [-0.2, -0.15) is 26.3 Å². The number of likely N-dealkylation sites (tertiary alicyclic amines) is 1. The lowest BCUT2D eigenvalue weighted by Gasteiger charge is -2.42. The Morgan fingerprint density at radius 2 is 1.72 bits per heavy atom. The van der Waals surface area contributed by atoms with Crippen LogP contribution in [0.15, 0.2) is 60.9 Å². The van der Waals surface area contributed by atoms with E-state index in [1.165, 1.54) is 0 Å². The SMILES string of the molecule is COC(=O)[C@H](Cc1cccc2c(-c3nc(C=O)cc4ccncc34)cccc12)NC(=O)C1(C(F)(F)F)CCN(CC(F)(F)F)CC1. The maximum absolute atomic E-state index is 14.4. The summed E-state index contributed by atoms with van der Waals surface area (Å²) in [5.41, 5.74) is -1.21. The van der Waals surface area contributed by atoms with Crippen LogP contribution in [0, 0.1) is 5.41 Å². The van der Waals surface area contributed by atoms with E-state index in [9.17, 15) is 40.7 Å².